The molecule has 25 heavy (non-hydrogen) atoms. The van der Waals surface area contributed by atoms with E-state index in [9.17, 15) is 0 Å². The first-order chi connectivity index (χ1) is 12.4. The van der Waals surface area contributed by atoms with Gasteiger partial charge in [0.25, 0.3) is 0 Å². The molecule has 1 aromatic carbocycles. The number of hydrogen-bond acceptors (Lipinski definition) is 6. The van der Waals surface area contributed by atoms with Crippen molar-refractivity contribution in [3.63, 3.8) is 0 Å². The van der Waals surface area contributed by atoms with E-state index in [2.05, 4.69) is 25.4 Å². The van der Waals surface area contributed by atoms with Crippen molar-refractivity contribution in [1.29, 1.82) is 0 Å². The smallest absolute Gasteiger partial charge is 0.228 e. The molecule has 3 heterocycles. The first-order valence-corrected chi connectivity index (χ1v) is 8.81. The molecule has 0 N–H and O–H groups in total. The summed E-state index contributed by atoms with van der Waals surface area (Å²) in [5.41, 5.74) is 0.992. The molecule has 1 saturated heterocycles. The van der Waals surface area contributed by atoms with Crippen molar-refractivity contribution in [3.8, 4) is 11.4 Å². The van der Waals surface area contributed by atoms with Crippen LogP contribution in [0.3, 0.4) is 0 Å². The lowest BCUT2D eigenvalue weighted by Gasteiger charge is -2.31. The zero-order valence-corrected chi connectivity index (χ0v) is 14.2. The molecule has 4 rings (SSSR count). The molecular formula is C18H22N6O. The Kier molecular flexibility index (Phi) is 4.83. The van der Waals surface area contributed by atoms with Crippen LogP contribution in [-0.4, -0.2) is 49.7 Å². The molecule has 0 radical (unpaired) electrons. The van der Waals surface area contributed by atoms with Crippen LogP contribution in [0.2, 0.25) is 0 Å². The van der Waals surface area contributed by atoms with Gasteiger partial charge in [-0.2, -0.15) is 4.98 Å². The highest BCUT2D eigenvalue weighted by atomic mass is 16.5. The monoisotopic (exact) mass is 338 g/mol. The summed E-state index contributed by atoms with van der Waals surface area (Å²) in [7, 11) is 0. The van der Waals surface area contributed by atoms with E-state index < -0.39 is 0 Å². The summed E-state index contributed by atoms with van der Waals surface area (Å²) in [6.45, 7) is 4.16. The predicted molar refractivity (Wildman–Crippen MR) is 92.6 cm³/mol. The third-order valence-corrected chi connectivity index (χ3v) is 4.77. The molecule has 0 spiro atoms. The van der Waals surface area contributed by atoms with Crippen LogP contribution in [0.4, 0.5) is 0 Å². The lowest BCUT2D eigenvalue weighted by atomic mass is 9.97. The maximum atomic E-state index is 5.40. The van der Waals surface area contributed by atoms with Gasteiger partial charge in [-0.3, -0.25) is 4.68 Å². The van der Waals surface area contributed by atoms with Crippen LogP contribution >= 0.6 is 0 Å². The van der Waals surface area contributed by atoms with E-state index >= 15 is 0 Å². The highest BCUT2D eigenvalue weighted by molar-refractivity contribution is 5.53. The molecule has 0 saturated carbocycles. The third kappa shape index (κ3) is 4.11. The molecule has 1 aliphatic rings. The van der Waals surface area contributed by atoms with E-state index in [1.54, 1.807) is 6.20 Å². The Morgan fingerprint density at radius 2 is 1.96 bits per heavy atom. The Balaban J connectivity index is 1.24. The maximum Gasteiger partial charge on any atom is 0.228 e. The zero-order valence-electron chi connectivity index (χ0n) is 14.2. The lowest BCUT2D eigenvalue weighted by molar-refractivity contribution is 0.168. The van der Waals surface area contributed by atoms with E-state index in [1.165, 1.54) is 12.8 Å². The van der Waals surface area contributed by atoms with Crippen LogP contribution in [0, 0.1) is 5.92 Å². The van der Waals surface area contributed by atoms with E-state index in [0.29, 0.717) is 17.6 Å². The number of aromatic nitrogens is 5. The van der Waals surface area contributed by atoms with Crippen molar-refractivity contribution >= 4 is 0 Å². The second-order valence-electron chi connectivity index (χ2n) is 6.54. The summed E-state index contributed by atoms with van der Waals surface area (Å²) in [4.78, 5) is 6.98. The van der Waals surface area contributed by atoms with Gasteiger partial charge < -0.3 is 9.42 Å². The number of piperidine rings is 1. The number of likely N-dealkylation sites (tertiary alicyclic amines) is 1. The van der Waals surface area contributed by atoms with Crippen LogP contribution in [-0.2, 0) is 13.0 Å². The number of nitrogens with zero attached hydrogens (tertiary/aromatic N) is 6. The molecule has 0 atom stereocenters. The van der Waals surface area contributed by atoms with Gasteiger partial charge >= 0.3 is 0 Å². The van der Waals surface area contributed by atoms with Crippen molar-refractivity contribution in [2.75, 3.05) is 19.6 Å². The molecule has 7 heteroatoms. The molecule has 0 bridgehead atoms. The van der Waals surface area contributed by atoms with E-state index in [1.807, 2.05) is 41.2 Å². The van der Waals surface area contributed by atoms with Crippen LogP contribution in [0.15, 0.2) is 47.2 Å². The molecule has 0 amide bonds. The Morgan fingerprint density at radius 1 is 1.12 bits per heavy atom. The van der Waals surface area contributed by atoms with Gasteiger partial charge in [-0.15, -0.1) is 5.10 Å². The maximum absolute atomic E-state index is 5.40. The summed E-state index contributed by atoms with van der Waals surface area (Å²) in [5, 5.41) is 12.0. The number of hydrogen-bond donors (Lipinski definition) is 0. The first kappa shape index (κ1) is 16.0. The quantitative estimate of drug-likeness (QED) is 0.686. The SMILES string of the molecule is c1ccc(-c2noc(CCN3CCC(Cn4ccnn4)CC3)n2)cc1. The van der Waals surface area contributed by atoms with Gasteiger partial charge in [-0.1, -0.05) is 40.7 Å². The van der Waals surface area contributed by atoms with Crippen LogP contribution in [0.1, 0.15) is 18.7 Å². The van der Waals surface area contributed by atoms with E-state index in [-0.39, 0.29) is 0 Å². The molecule has 3 aromatic rings. The fraction of sp³-hybridized carbons (Fsp3) is 0.444. The molecule has 1 fully saturated rings. The Bertz CT molecular complexity index is 762. The second-order valence-corrected chi connectivity index (χ2v) is 6.54. The standard InChI is InChI=1S/C18H22N6O/c1-2-4-16(5-3-1)18-20-17(25-21-18)8-12-23-10-6-15(7-11-23)14-24-13-9-19-22-24/h1-5,9,13,15H,6-8,10-12,14H2. The second kappa shape index (κ2) is 7.57. The van der Waals surface area contributed by atoms with Crippen LogP contribution in [0.25, 0.3) is 11.4 Å². The van der Waals surface area contributed by atoms with Gasteiger partial charge in [-0.25, -0.2) is 0 Å². The van der Waals surface area contributed by atoms with Gasteiger partial charge in [0.1, 0.15) is 0 Å². The van der Waals surface area contributed by atoms with Gasteiger partial charge in [0, 0.05) is 31.3 Å². The minimum Gasteiger partial charge on any atom is -0.339 e. The number of rotatable bonds is 6. The van der Waals surface area contributed by atoms with Crippen LogP contribution < -0.4 is 0 Å². The fourth-order valence-electron chi connectivity index (χ4n) is 3.30. The highest BCUT2D eigenvalue weighted by Crippen LogP contribution is 2.19. The van der Waals surface area contributed by atoms with E-state index in [4.69, 9.17) is 4.52 Å². The molecule has 1 aliphatic heterocycles. The largest absolute Gasteiger partial charge is 0.339 e. The van der Waals surface area contributed by atoms with Gasteiger partial charge in [0.15, 0.2) is 0 Å². The molecule has 0 unspecified atom stereocenters. The van der Waals surface area contributed by atoms with Crippen molar-refractivity contribution in [1.82, 2.24) is 30.0 Å². The van der Waals surface area contributed by atoms with Crippen LogP contribution in [0.5, 0.6) is 0 Å². The minimum absolute atomic E-state index is 0.669. The summed E-state index contributed by atoms with van der Waals surface area (Å²) in [5.74, 6) is 2.07. The molecule has 7 nitrogen and oxygen atoms in total. The lowest BCUT2D eigenvalue weighted by Crippen LogP contribution is -2.36. The predicted octanol–water partition coefficient (Wildman–Crippen LogP) is 2.28. The summed E-state index contributed by atoms with van der Waals surface area (Å²) < 4.78 is 7.33. The van der Waals surface area contributed by atoms with Gasteiger partial charge in [-0.05, 0) is 31.8 Å². The number of benzene rings is 1. The summed E-state index contributed by atoms with van der Waals surface area (Å²) >= 11 is 0. The Hall–Kier alpha value is -2.54. The topological polar surface area (TPSA) is 72.9 Å². The van der Waals surface area contributed by atoms with Crippen molar-refractivity contribution in [3.05, 3.63) is 48.6 Å². The Morgan fingerprint density at radius 3 is 2.72 bits per heavy atom. The average molecular weight is 338 g/mol. The molecule has 0 aliphatic carbocycles. The highest BCUT2D eigenvalue weighted by Gasteiger charge is 2.20. The molecule has 2 aromatic heterocycles. The van der Waals surface area contributed by atoms with Gasteiger partial charge in [0.05, 0.1) is 6.20 Å². The average Bonchev–Trinajstić information content (AvgIpc) is 3.34. The summed E-state index contributed by atoms with van der Waals surface area (Å²) in [6.07, 6.45) is 6.86. The minimum atomic E-state index is 0.669. The van der Waals surface area contributed by atoms with Gasteiger partial charge in [0.2, 0.25) is 11.7 Å². The molecule has 130 valence electrons. The zero-order chi connectivity index (χ0) is 16.9. The van der Waals surface area contributed by atoms with E-state index in [0.717, 1.165) is 38.2 Å². The van der Waals surface area contributed by atoms with Crippen molar-refractivity contribution < 1.29 is 4.52 Å². The Labute approximate surface area is 146 Å². The summed E-state index contributed by atoms with van der Waals surface area (Å²) in [6, 6.07) is 9.93. The third-order valence-electron chi connectivity index (χ3n) is 4.77. The van der Waals surface area contributed by atoms with Crippen molar-refractivity contribution in [2.24, 2.45) is 5.92 Å². The van der Waals surface area contributed by atoms with Crippen molar-refractivity contribution in [2.45, 2.75) is 25.8 Å². The molecular weight excluding hydrogens is 316 g/mol. The fourth-order valence-corrected chi connectivity index (χ4v) is 3.30. The first-order valence-electron chi connectivity index (χ1n) is 8.81. The normalized spacial score (nSPS) is 16.3.